The Morgan fingerprint density at radius 3 is 2.60 bits per heavy atom. The first-order valence-corrected chi connectivity index (χ1v) is 5.79. The summed E-state index contributed by atoms with van der Waals surface area (Å²) in [4.78, 5) is 24.6. The van der Waals surface area contributed by atoms with E-state index in [1.165, 1.54) is 4.90 Å². The fourth-order valence-corrected chi connectivity index (χ4v) is 1.80. The Morgan fingerprint density at radius 1 is 1.33 bits per heavy atom. The number of urea groups is 1. The summed E-state index contributed by atoms with van der Waals surface area (Å²) in [6.45, 7) is 4.66. The van der Waals surface area contributed by atoms with Crippen LogP contribution in [0.2, 0.25) is 0 Å². The fourth-order valence-electron chi connectivity index (χ4n) is 1.80. The topological polar surface area (TPSA) is 49.4 Å². The van der Waals surface area contributed by atoms with Gasteiger partial charge < -0.3 is 5.32 Å². The van der Waals surface area contributed by atoms with Gasteiger partial charge in [-0.05, 0) is 12.8 Å². The number of nitrogens with zero attached hydrogens (tertiary/aromatic N) is 1. The van der Waals surface area contributed by atoms with E-state index >= 15 is 0 Å². The van der Waals surface area contributed by atoms with Crippen LogP contribution in [0.3, 0.4) is 0 Å². The van der Waals surface area contributed by atoms with E-state index in [1.54, 1.807) is 0 Å². The molecule has 15 heavy (non-hydrogen) atoms. The molecule has 1 aliphatic heterocycles. The molecule has 0 spiro atoms. The predicted octanol–water partition coefficient (Wildman–Crippen LogP) is 1.90. The standard InChI is InChI=1S/C11H20N2O2/c1-3-5-7-13-10(14)8-9(6-4-2)12-11(13)15/h9H,3-8H2,1-2H3,(H,12,15). The van der Waals surface area contributed by atoms with Crippen molar-refractivity contribution in [2.45, 2.75) is 52.0 Å². The summed E-state index contributed by atoms with van der Waals surface area (Å²) >= 11 is 0. The predicted molar refractivity (Wildman–Crippen MR) is 58.5 cm³/mol. The minimum absolute atomic E-state index is 0.0225. The van der Waals surface area contributed by atoms with Gasteiger partial charge in [-0.1, -0.05) is 26.7 Å². The van der Waals surface area contributed by atoms with E-state index in [-0.39, 0.29) is 18.0 Å². The van der Waals surface area contributed by atoms with Crippen LogP contribution in [0.5, 0.6) is 0 Å². The van der Waals surface area contributed by atoms with Crippen LogP contribution < -0.4 is 5.32 Å². The average Bonchev–Trinajstić information content (AvgIpc) is 2.17. The molecule has 1 fully saturated rings. The number of hydrogen-bond donors (Lipinski definition) is 1. The summed E-state index contributed by atoms with van der Waals surface area (Å²) in [5.41, 5.74) is 0. The highest BCUT2D eigenvalue weighted by Crippen LogP contribution is 2.12. The lowest BCUT2D eigenvalue weighted by Crippen LogP contribution is -2.54. The summed E-state index contributed by atoms with van der Waals surface area (Å²) in [7, 11) is 0. The van der Waals surface area contributed by atoms with Gasteiger partial charge in [0.1, 0.15) is 0 Å². The quantitative estimate of drug-likeness (QED) is 0.756. The molecule has 4 nitrogen and oxygen atoms in total. The highest BCUT2D eigenvalue weighted by Gasteiger charge is 2.30. The van der Waals surface area contributed by atoms with Crippen molar-refractivity contribution in [3.05, 3.63) is 0 Å². The third-order valence-corrected chi connectivity index (χ3v) is 2.67. The van der Waals surface area contributed by atoms with E-state index in [0.717, 1.165) is 25.7 Å². The van der Waals surface area contributed by atoms with Gasteiger partial charge in [0.2, 0.25) is 5.91 Å². The Labute approximate surface area is 91.0 Å². The lowest BCUT2D eigenvalue weighted by Gasteiger charge is -2.31. The first kappa shape index (κ1) is 12.0. The van der Waals surface area contributed by atoms with Crippen LogP contribution >= 0.6 is 0 Å². The molecule has 1 N–H and O–H groups in total. The fraction of sp³-hybridized carbons (Fsp3) is 0.818. The summed E-state index contributed by atoms with van der Waals surface area (Å²) in [6, 6.07) is -0.161. The summed E-state index contributed by atoms with van der Waals surface area (Å²) in [5.74, 6) is -0.0225. The third kappa shape index (κ3) is 3.22. The second kappa shape index (κ2) is 5.73. The lowest BCUT2D eigenvalue weighted by atomic mass is 10.1. The van der Waals surface area contributed by atoms with Gasteiger partial charge in [0.25, 0.3) is 0 Å². The Morgan fingerprint density at radius 2 is 2.07 bits per heavy atom. The summed E-state index contributed by atoms with van der Waals surface area (Å²) in [5, 5.41) is 2.87. The van der Waals surface area contributed by atoms with E-state index in [2.05, 4.69) is 12.2 Å². The lowest BCUT2D eigenvalue weighted by molar-refractivity contribution is -0.130. The highest BCUT2D eigenvalue weighted by molar-refractivity contribution is 5.97. The van der Waals surface area contributed by atoms with Gasteiger partial charge in [-0.15, -0.1) is 0 Å². The Bertz CT molecular complexity index is 223. The normalized spacial score (nSPS) is 21.7. The summed E-state index contributed by atoms with van der Waals surface area (Å²) in [6.07, 6.45) is 4.22. The second-order valence-corrected chi connectivity index (χ2v) is 4.04. The maximum absolute atomic E-state index is 11.7. The molecule has 0 radical (unpaired) electrons. The minimum Gasteiger partial charge on any atom is -0.334 e. The van der Waals surface area contributed by atoms with Gasteiger partial charge in [-0.2, -0.15) is 0 Å². The van der Waals surface area contributed by atoms with Crippen molar-refractivity contribution in [3.8, 4) is 0 Å². The molecule has 0 aromatic heterocycles. The van der Waals surface area contributed by atoms with Crippen LogP contribution in [0.4, 0.5) is 4.79 Å². The smallest absolute Gasteiger partial charge is 0.324 e. The van der Waals surface area contributed by atoms with Crippen molar-refractivity contribution in [1.82, 2.24) is 10.2 Å². The van der Waals surface area contributed by atoms with E-state index in [0.29, 0.717) is 13.0 Å². The average molecular weight is 212 g/mol. The molecule has 0 aromatic rings. The highest BCUT2D eigenvalue weighted by atomic mass is 16.2. The number of rotatable bonds is 5. The van der Waals surface area contributed by atoms with Crippen LogP contribution in [0.25, 0.3) is 0 Å². The van der Waals surface area contributed by atoms with Crippen molar-refractivity contribution in [3.63, 3.8) is 0 Å². The molecule has 0 aliphatic carbocycles. The zero-order chi connectivity index (χ0) is 11.3. The number of imide groups is 1. The van der Waals surface area contributed by atoms with Gasteiger partial charge in [0.15, 0.2) is 0 Å². The van der Waals surface area contributed by atoms with Crippen molar-refractivity contribution in [2.24, 2.45) is 0 Å². The van der Waals surface area contributed by atoms with Gasteiger partial charge in [0, 0.05) is 19.0 Å². The summed E-state index contributed by atoms with van der Waals surface area (Å²) < 4.78 is 0. The number of carbonyl (C=O) groups is 2. The zero-order valence-electron chi connectivity index (χ0n) is 9.58. The maximum Gasteiger partial charge on any atom is 0.324 e. The molecule has 3 amide bonds. The van der Waals surface area contributed by atoms with Crippen molar-refractivity contribution >= 4 is 11.9 Å². The largest absolute Gasteiger partial charge is 0.334 e. The molecule has 1 saturated heterocycles. The Kier molecular flexibility index (Phi) is 4.59. The van der Waals surface area contributed by atoms with E-state index in [4.69, 9.17) is 0 Å². The van der Waals surface area contributed by atoms with Crippen LogP contribution in [-0.4, -0.2) is 29.4 Å². The monoisotopic (exact) mass is 212 g/mol. The number of unbranched alkanes of at least 4 members (excludes halogenated alkanes) is 1. The molecule has 0 aromatic carbocycles. The van der Waals surface area contributed by atoms with Crippen molar-refractivity contribution in [1.29, 1.82) is 0 Å². The van der Waals surface area contributed by atoms with Gasteiger partial charge in [-0.3, -0.25) is 9.69 Å². The number of hydrogen-bond acceptors (Lipinski definition) is 2. The van der Waals surface area contributed by atoms with E-state index < -0.39 is 0 Å². The first-order chi connectivity index (χ1) is 7.19. The molecule has 86 valence electrons. The van der Waals surface area contributed by atoms with Gasteiger partial charge in [-0.25, -0.2) is 4.79 Å². The van der Waals surface area contributed by atoms with Crippen LogP contribution in [0.1, 0.15) is 46.0 Å². The molecule has 1 atom stereocenters. The van der Waals surface area contributed by atoms with Gasteiger partial charge >= 0.3 is 6.03 Å². The van der Waals surface area contributed by atoms with Crippen LogP contribution in [0.15, 0.2) is 0 Å². The molecule has 1 aliphatic rings. The molecule has 0 saturated carbocycles. The molecular formula is C11H20N2O2. The molecule has 0 bridgehead atoms. The Hall–Kier alpha value is -1.06. The number of carbonyl (C=O) groups excluding carboxylic acids is 2. The van der Waals surface area contributed by atoms with Crippen LogP contribution in [-0.2, 0) is 4.79 Å². The zero-order valence-corrected chi connectivity index (χ0v) is 9.58. The van der Waals surface area contributed by atoms with Crippen LogP contribution in [0, 0.1) is 0 Å². The van der Waals surface area contributed by atoms with Crippen molar-refractivity contribution in [2.75, 3.05) is 6.54 Å². The van der Waals surface area contributed by atoms with E-state index in [1.807, 2.05) is 6.92 Å². The SMILES string of the molecule is CCCCN1C(=O)CC(CCC)NC1=O. The molecule has 1 heterocycles. The third-order valence-electron chi connectivity index (χ3n) is 2.67. The Balaban J connectivity index is 2.49. The molecule has 1 rings (SSSR count). The van der Waals surface area contributed by atoms with Crippen molar-refractivity contribution < 1.29 is 9.59 Å². The number of nitrogens with one attached hydrogen (secondary N) is 1. The second-order valence-electron chi connectivity index (χ2n) is 4.04. The first-order valence-electron chi connectivity index (χ1n) is 5.79. The van der Waals surface area contributed by atoms with E-state index in [9.17, 15) is 9.59 Å². The van der Waals surface area contributed by atoms with Gasteiger partial charge in [0.05, 0.1) is 0 Å². The number of amides is 3. The minimum atomic E-state index is -0.210. The maximum atomic E-state index is 11.7. The molecule has 4 heteroatoms. The molecular weight excluding hydrogens is 192 g/mol. The molecule has 1 unspecified atom stereocenters.